The standard InChI is InChI=1S/C13H15BrN4O2/c14-11-4-3-10(12(8-11)18(19)20)9-15-5-1-2-13-16-6-7-17-13/h3-4,6-8,15H,1-2,5,9H2,(H,16,17). The van der Waals surface area contributed by atoms with E-state index >= 15 is 0 Å². The van der Waals surface area contributed by atoms with Gasteiger partial charge in [-0.15, -0.1) is 0 Å². The van der Waals surface area contributed by atoms with Gasteiger partial charge >= 0.3 is 0 Å². The summed E-state index contributed by atoms with van der Waals surface area (Å²) in [6, 6.07) is 5.11. The van der Waals surface area contributed by atoms with Gasteiger partial charge in [-0.2, -0.15) is 0 Å². The van der Waals surface area contributed by atoms with Gasteiger partial charge in [0.25, 0.3) is 5.69 Å². The van der Waals surface area contributed by atoms with Gasteiger partial charge in [0.2, 0.25) is 0 Å². The molecule has 1 heterocycles. The van der Waals surface area contributed by atoms with Gasteiger partial charge in [0.1, 0.15) is 5.82 Å². The maximum atomic E-state index is 11.0. The van der Waals surface area contributed by atoms with Crippen LogP contribution in [0.5, 0.6) is 0 Å². The minimum Gasteiger partial charge on any atom is -0.349 e. The number of nitrogens with zero attached hydrogens (tertiary/aromatic N) is 2. The molecule has 0 radical (unpaired) electrons. The molecule has 0 unspecified atom stereocenters. The summed E-state index contributed by atoms with van der Waals surface area (Å²) in [5, 5.41) is 14.2. The Morgan fingerprint density at radius 1 is 1.45 bits per heavy atom. The third kappa shape index (κ3) is 4.14. The highest BCUT2D eigenvalue weighted by Crippen LogP contribution is 2.23. The van der Waals surface area contributed by atoms with Gasteiger partial charge in [0.05, 0.1) is 4.92 Å². The number of halogens is 1. The number of rotatable bonds is 7. The largest absolute Gasteiger partial charge is 0.349 e. The van der Waals surface area contributed by atoms with E-state index in [9.17, 15) is 10.1 Å². The molecular formula is C13H15BrN4O2. The average Bonchev–Trinajstić information content (AvgIpc) is 2.92. The Labute approximate surface area is 124 Å². The molecule has 1 aromatic heterocycles. The fraction of sp³-hybridized carbons (Fsp3) is 0.308. The topological polar surface area (TPSA) is 83.8 Å². The van der Waals surface area contributed by atoms with Crippen molar-refractivity contribution in [1.29, 1.82) is 0 Å². The number of nitro groups is 1. The van der Waals surface area contributed by atoms with Crippen molar-refractivity contribution in [3.8, 4) is 0 Å². The summed E-state index contributed by atoms with van der Waals surface area (Å²) in [5.74, 6) is 0.960. The lowest BCUT2D eigenvalue weighted by Crippen LogP contribution is -2.16. The second-order valence-corrected chi connectivity index (χ2v) is 5.26. The number of hydrogen-bond acceptors (Lipinski definition) is 4. The van der Waals surface area contributed by atoms with Crippen LogP contribution in [0, 0.1) is 10.1 Å². The van der Waals surface area contributed by atoms with E-state index in [2.05, 4.69) is 31.2 Å². The van der Waals surface area contributed by atoms with Gasteiger partial charge in [0, 0.05) is 41.5 Å². The number of nitro benzene ring substituents is 1. The number of aromatic amines is 1. The van der Waals surface area contributed by atoms with E-state index in [1.165, 1.54) is 6.07 Å². The summed E-state index contributed by atoms with van der Waals surface area (Å²) in [4.78, 5) is 17.8. The van der Waals surface area contributed by atoms with E-state index < -0.39 is 0 Å². The Morgan fingerprint density at radius 2 is 2.30 bits per heavy atom. The van der Waals surface area contributed by atoms with Crippen molar-refractivity contribution in [2.45, 2.75) is 19.4 Å². The van der Waals surface area contributed by atoms with E-state index in [1.54, 1.807) is 18.5 Å². The Morgan fingerprint density at radius 3 is 3.00 bits per heavy atom. The third-order valence-corrected chi connectivity index (χ3v) is 3.37. The van der Waals surface area contributed by atoms with E-state index in [0.717, 1.165) is 25.2 Å². The van der Waals surface area contributed by atoms with Gasteiger partial charge in [-0.05, 0) is 25.1 Å². The molecule has 0 spiro atoms. The summed E-state index contributed by atoms with van der Waals surface area (Å²) in [7, 11) is 0. The van der Waals surface area contributed by atoms with E-state index in [1.807, 2.05) is 6.07 Å². The van der Waals surface area contributed by atoms with Crippen molar-refractivity contribution in [1.82, 2.24) is 15.3 Å². The highest BCUT2D eigenvalue weighted by Gasteiger charge is 2.13. The van der Waals surface area contributed by atoms with E-state index in [4.69, 9.17) is 0 Å². The molecule has 20 heavy (non-hydrogen) atoms. The molecule has 0 fully saturated rings. The van der Waals surface area contributed by atoms with Crippen LogP contribution < -0.4 is 5.32 Å². The van der Waals surface area contributed by atoms with Gasteiger partial charge in [0.15, 0.2) is 0 Å². The molecule has 2 rings (SSSR count). The van der Waals surface area contributed by atoms with E-state index in [0.29, 0.717) is 16.6 Å². The number of aryl methyl sites for hydroxylation is 1. The molecule has 0 saturated heterocycles. The van der Waals surface area contributed by atoms with Gasteiger partial charge < -0.3 is 10.3 Å². The Bertz CT molecular complexity index is 572. The predicted molar refractivity (Wildman–Crippen MR) is 79.4 cm³/mol. The molecule has 0 aliphatic rings. The molecule has 7 heteroatoms. The molecule has 0 bridgehead atoms. The molecule has 0 aliphatic carbocycles. The molecular weight excluding hydrogens is 324 g/mol. The highest BCUT2D eigenvalue weighted by molar-refractivity contribution is 9.10. The van der Waals surface area contributed by atoms with Crippen LogP contribution in [0.1, 0.15) is 17.8 Å². The third-order valence-electron chi connectivity index (χ3n) is 2.88. The number of H-pyrrole nitrogens is 1. The number of benzene rings is 1. The minimum atomic E-state index is -0.357. The zero-order valence-corrected chi connectivity index (χ0v) is 12.4. The molecule has 0 atom stereocenters. The summed E-state index contributed by atoms with van der Waals surface area (Å²) >= 11 is 3.24. The second kappa shape index (κ2) is 7.16. The number of nitrogens with one attached hydrogen (secondary N) is 2. The zero-order chi connectivity index (χ0) is 14.4. The summed E-state index contributed by atoms with van der Waals surface area (Å²) in [6.45, 7) is 1.27. The highest BCUT2D eigenvalue weighted by atomic mass is 79.9. The van der Waals surface area contributed by atoms with Crippen molar-refractivity contribution in [3.63, 3.8) is 0 Å². The van der Waals surface area contributed by atoms with Crippen molar-refractivity contribution >= 4 is 21.6 Å². The molecule has 2 aromatic rings. The molecule has 106 valence electrons. The van der Waals surface area contributed by atoms with Crippen molar-refractivity contribution in [3.05, 3.63) is 56.6 Å². The van der Waals surface area contributed by atoms with Crippen LogP contribution in [0.15, 0.2) is 35.1 Å². The van der Waals surface area contributed by atoms with Crippen LogP contribution in [-0.2, 0) is 13.0 Å². The van der Waals surface area contributed by atoms with Crippen LogP contribution in [0.25, 0.3) is 0 Å². The maximum absolute atomic E-state index is 11.0. The first kappa shape index (κ1) is 14.7. The van der Waals surface area contributed by atoms with Gasteiger partial charge in [-0.1, -0.05) is 15.9 Å². The summed E-state index contributed by atoms with van der Waals surface area (Å²) < 4.78 is 0.714. The smallest absolute Gasteiger partial charge is 0.275 e. The van der Waals surface area contributed by atoms with Crippen LogP contribution in [0.2, 0.25) is 0 Å². The quantitative estimate of drug-likeness (QED) is 0.462. The molecule has 0 saturated carbocycles. The zero-order valence-electron chi connectivity index (χ0n) is 10.8. The van der Waals surface area contributed by atoms with Gasteiger partial charge in [-0.25, -0.2) is 4.98 Å². The number of hydrogen-bond donors (Lipinski definition) is 2. The van der Waals surface area contributed by atoms with Crippen molar-refractivity contribution in [2.24, 2.45) is 0 Å². The SMILES string of the molecule is O=[N+]([O-])c1cc(Br)ccc1CNCCCc1ncc[nH]1. The van der Waals surface area contributed by atoms with Crippen molar-refractivity contribution in [2.75, 3.05) is 6.54 Å². The molecule has 0 amide bonds. The molecule has 2 N–H and O–H groups in total. The average molecular weight is 339 g/mol. The number of imidazole rings is 1. The first-order valence-corrected chi connectivity index (χ1v) is 7.08. The minimum absolute atomic E-state index is 0.137. The Balaban J connectivity index is 1.80. The fourth-order valence-corrected chi connectivity index (χ4v) is 2.24. The van der Waals surface area contributed by atoms with Crippen LogP contribution in [0.4, 0.5) is 5.69 Å². The Hall–Kier alpha value is -1.73. The van der Waals surface area contributed by atoms with Crippen LogP contribution in [-0.4, -0.2) is 21.4 Å². The molecule has 1 aromatic carbocycles. The predicted octanol–water partition coefficient (Wildman–Crippen LogP) is 2.80. The molecule has 6 nitrogen and oxygen atoms in total. The summed E-state index contributed by atoms with van der Waals surface area (Å²) in [6.07, 6.45) is 5.32. The lowest BCUT2D eigenvalue weighted by atomic mass is 10.2. The first-order valence-electron chi connectivity index (χ1n) is 6.28. The van der Waals surface area contributed by atoms with Gasteiger partial charge in [-0.3, -0.25) is 10.1 Å². The normalized spacial score (nSPS) is 10.7. The van der Waals surface area contributed by atoms with Crippen molar-refractivity contribution < 1.29 is 4.92 Å². The van der Waals surface area contributed by atoms with Crippen LogP contribution in [0.3, 0.4) is 0 Å². The first-order chi connectivity index (χ1) is 9.66. The lowest BCUT2D eigenvalue weighted by molar-refractivity contribution is -0.385. The molecule has 0 aliphatic heterocycles. The lowest BCUT2D eigenvalue weighted by Gasteiger charge is -2.05. The summed E-state index contributed by atoms with van der Waals surface area (Å²) in [5.41, 5.74) is 0.828. The van der Waals surface area contributed by atoms with Crippen LogP contribution >= 0.6 is 15.9 Å². The maximum Gasteiger partial charge on any atom is 0.275 e. The monoisotopic (exact) mass is 338 g/mol. The second-order valence-electron chi connectivity index (χ2n) is 4.35. The fourth-order valence-electron chi connectivity index (χ4n) is 1.90. The van der Waals surface area contributed by atoms with E-state index in [-0.39, 0.29) is 10.6 Å². The Kier molecular flexibility index (Phi) is 5.25. The number of aromatic nitrogens is 2.